The summed E-state index contributed by atoms with van der Waals surface area (Å²) in [6.45, 7) is 3.02. The molecule has 0 saturated heterocycles. The van der Waals surface area contributed by atoms with Crippen LogP contribution in [0.5, 0.6) is 0 Å². The lowest BCUT2D eigenvalue weighted by molar-refractivity contribution is 0.511. The van der Waals surface area contributed by atoms with Gasteiger partial charge in [-0.3, -0.25) is 4.79 Å². The zero-order valence-corrected chi connectivity index (χ0v) is 10.4. The summed E-state index contributed by atoms with van der Waals surface area (Å²) in [6.07, 6.45) is 0. The molecule has 18 heavy (non-hydrogen) atoms. The highest BCUT2D eigenvalue weighted by molar-refractivity contribution is 6.33. The first kappa shape index (κ1) is 12.7. The lowest BCUT2D eigenvalue weighted by atomic mass is 10.1. The van der Waals surface area contributed by atoms with Gasteiger partial charge in [-0.05, 0) is 26.0 Å². The number of benzene rings is 1. The van der Waals surface area contributed by atoms with E-state index in [1.165, 1.54) is 13.0 Å². The molecule has 0 radical (unpaired) electrons. The number of rotatable bonds is 1. The van der Waals surface area contributed by atoms with Gasteiger partial charge in [-0.1, -0.05) is 11.6 Å². The van der Waals surface area contributed by atoms with Gasteiger partial charge in [-0.15, -0.1) is 0 Å². The van der Waals surface area contributed by atoms with Gasteiger partial charge in [-0.25, -0.2) is 13.8 Å². The Morgan fingerprint density at radius 1 is 1.28 bits per heavy atom. The van der Waals surface area contributed by atoms with Crippen molar-refractivity contribution in [3.8, 4) is 11.3 Å². The van der Waals surface area contributed by atoms with Crippen LogP contribution in [0.2, 0.25) is 5.02 Å². The zero-order valence-electron chi connectivity index (χ0n) is 9.64. The second-order valence-corrected chi connectivity index (χ2v) is 4.25. The van der Waals surface area contributed by atoms with Crippen LogP contribution in [0.4, 0.5) is 8.78 Å². The van der Waals surface area contributed by atoms with Crippen LogP contribution in [0.25, 0.3) is 11.3 Å². The molecule has 0 aliphatic rings. The van der Waals surface area contributed by atoms with Crippen molar-refractivity contribution in [1.29, 1.82) is 0 Å². The maximum absolute atomic E-state index is 13.8. The van der Waals surface area contributed by atoms with Crippen LogP contribution in [0.3, 0.4) is 0 Å². The Hall–Kier alpha value is -1.75. The van der Waals surface area contributed by atoms with Crippen LogP contribution >= 0.6 is 11.6 Å². The molecule has 1 aromatic heterocycles. The molecule has 0 bridgehead atoms. The van der Waals surface area contributed by atoms with Gasteiger partial charge in [0.1, 0.15) is 5.82 Å². The van der Waals surface area contributed by atoms with E-state index >= 15 is 0 Å². The number of H-pyrrole nitrogens is 1. The van der Waals surface area contributed by atoms with Crippen LogP contribution in [-0.2, 0) is 0 Å². The molecule has 2 rings (SSSR count). The fraction of sp³-hybridized carbons (Fsp3) is 0.167. The van der Waals surface area contributed by atoms with Crippen molar-refractivity contribution in [2.75, 3.05) is 0 Å². The van der Waals surface area contributed by atoms with Gasteiger partial charge < -0.3 is 4.98 Å². The molecule has 0 fully saturated rings. The molecule has 2 aromatic rings. The standard InChI is InChI=1S/C12H9ClF2N2O/c1-5-11(16-6(2)17-12(5)18)9-7(13)3-4-8(14)10(9)15/h3-4H,1-2H3,(H,16,17,18). The fourth-order valence-electron chi connectivity index (χ4n) is 1.63. The van der Waals surface area contributed by atoms with Gasteiger partial charge in [0.2, 0.25) is 0 Å². The molecule has 1 aromatic carbocycles. The summed E-state index contributed by atoms with van der Waals surface area (Å²) in [6, 6.07) is 2.16. The summed E-state index contributed by atoms with van der Waals surface area (Å²) >= 11 is 5.85. The highest BCUT2D eigenvalue weighted by atomic mass is 35.5. The van der Waals surface area contributed by atoms with E-state index < -0.39 is 17.2 Å². The first-order valence-electron chi connectivity index (χ1n) is 5.13. The number of nitrogens with one attached hydrogen (secondary N) is 1. The molecule has 0 unspecified atom stereocenters. The van der Waals surface area contributed by atoms with E-state index in [-0.39, 0.29) is 21.8 Å². The van der Waals surface area contributed by atoms with E-state index in [0.29, 0.717) is 5.82 Å². The van der Waals surface area contributed by atoms with Crippen LogP contribution in [0, 0.1) is 25.5 Å². The molecule has 0 aliphatic carbocycles. The van der Waals surface area contributed by atoms with Gasteiger partial charge in [0.05, 0.1) is 16.3 Å². The van der Waals surface area contributed by atoms with Crippen molar-refractivity contribution in [3.05, 3.63) is 50.5 Å². The third-order valence-electron chi connectivity index (χ3n) is 2.55. The van der Waals surface area contributed by atoms with Gasteiger partial charge in [-0.2, -0.15) is 0 Å². The Bertz CT molecular complexity index is 683. The van der Waals surface area contributed by atoms with Crippen molar-refractivity contribution in [2.45, 2.75) is 13.8 Å². The van der Waals surface area contributed by atoms with Crippen molar-refractivity contribution < 1.29 is 8.78 Å². The molecule has 1 N–H and O–H groups in total. The number of hydrogen-bond acceptors (Lipinski definition) is 2. The molecule has 1 heterocycles. The Kier molecular flexibility index (Phi) is 3.17. The first-order valence-corrected chi connectivity index (χ1v) is 5.51. The van der Waals surface area contributed by atoms with Crippen LogP contribution in [-0.4, -0.2) is 9.97 Å². The normalized spacial score (nSPS) is 10.7. The molecular weight excluding hydrogens is 262 g/mol. The predicted molar refractivity (Wildman–Crippen MR) is 64.7 cm³/mol. The van der Waals surface area contributed by atoms with Gasteiger partial charge >= 0.3 is 0 Å². The van der Waals surface area contributed by atoms with Gasteiger partial charge in [0.15, 0.2) is 11.6 Å². The van der Waals surface area contributed by atoms with E-state index in [2.05, 4.69) is 9.97 Å². The van der Waals surface area contributed by atoms with Crippen LogP contribution < -0.4 is 5.56 Å². The average molecular weight is 271 g/mol. The van der Waals surface area contributed by atoms with Gasteiger partial charge in [0.25, 0.3) is 5.56 Å². The predicted octanol–water partition coefficient (Wildman–Crippen LogP) is 2.99. The molecule has 0 atom stereocenters. The maximum atomic E-state index is 13.8. The summed E-state index contributed by atoms with van der Waals surface area (Å²) < 4.78 is 27.0. The van der Waals surface area contributed by atoms with Crippen molar-refractivity contribution >= 4 is 11.6 Å². The minimum Gasteiger partial charge on any atom is -0.311 e. The summed E-state index contributed by atoms with van der Waals surface area (Å²) in [7, 11) is 0. The van der Waals surface area contributed by atoms with E-state index in [4.69, 9.17) is 11.6 Å². The average Bonchev–Trinajstić information content (AvgIpc) is 2.30. The van der Waals surface area contributed by atoms with Crippen LogP contribution in [0.1, 0.15) is 11.4 Å². The highest BCUT2D eigenvalue weighted by Gasteiger charge is 2.19. The SMILES string of the molecule is Cc1nc(-c2c(Cl)ccc(F)c2F)c(C)c(=O)[nH]1. The molecule has 0 spiro atoms. The third-order valence-corrected chi connectivity index (χ3v) is 2.87. The number of aryl methyl sites for hydroxylation is 1. The van der Waals surface area contributed by atoms with E-state index in [9.17, 15) is 13.6 Å². The lowest BCUT2D eigenvalue weighted by Crippen LogP contribution is -2.15. The smallest absolute Gasteiger partial charge is 0.254 e. The van der Waals surface area contributed by atoms with E-state index in [0.717, 1.165) is 6.07 Å². The van der Waals surface area contributed by atoms with E-state index in [1.54, 1.807) is 6.92 Å². The van der Waals surface area contributed by atoms with Crippen LogP contribution in [0.15, 0.2) is 16.9 Å². The summed E-state index contributed by atoms with van der Waals surface area (Å²) in [5.74, 6) is -1.84. The monoisotopic (exact) mass is 270 g/mol. The molecule has 3 nitrogen and oxygen atoms in total. The molecular formula is C12H9ClF2N2O. The topological polar surface area (TPSA) is 45.8 Å². The Morgan fingerprint density at radius 2 is 1.94 bits per heavy atom. The Balaban J connectivity index is 2.85. The van der Waals surface area contributed by atoms with Crippen molar-refractivity contribution in [2.24, 2.45) is 0 Å². The quantitative estimate of drug-likeness (QED) is 0.810. The zero-order chi connectivity index (χ0) is 13.4. The summed E-state index contributed by atoms with van der Waals surface area (Å²) in [5, 5.41) is 0.00880. The Labute approximate surface area is 106 Å². The van der Waals surface area contributed by atoms with Gasteiger partial charge in [0, 0.05) is 5.56 Å². The van der Waals surface area contributed by atoms with Crippen molar-refractivity contribution in [3.63, 3.8) is 0 Å². The minimum atomic E-state index is -1.11. The van der Waals surface area contributed by atoms with E-state index in [1.807, 2.05) is 0 Å². The number of aromatic amines is 1. The molecule has 0 saturated carbocycles. The summed E-state index contributed by atoms with van der Waals surface area (Å²) in [4.78, 5) is 18.1. The largest absolute Gasteiger partial charge is 0.311 e. The molecule has 6 heteroatoms. The number of aromatic nitrogens is 2. The minimum absolute atomic E-state index is 0.00880. The first-order chi connectivity index (χ1) is 8.41. The highest BCUT2D eigenvalue weighted by Crippen LogP contribution is 2.31. The third kappa shape index (κ3) is 2.01. The fourth-order valence-corrected chi connectivity index (χ4v) is 1.87. The molecule has 0 amide bonds. The maximum Gasteiger partial charge on any atom is 0.254 e. The molecule has 94 valence electrons. The lowest BCUT2D eigenvalue weighted by Gasteiger charge is -2.09. The van der Waals surface area contributed by atoms with Crippen molar-refractivity contribution in [1.82, 2.24) is 9.97 Å². The molecule has 0 aliphatic heterocycles. The number of halogens is 3. The second kappa shape index (κ2) is 4.49. The Morgan fingerprint density at radius 3 is 2.61 bits per heavy atom. The number of hydrogen-bond donors (Lipinski definition) is 1. The number of nitrogens with zero attached hydrogens (tertiary/aromatic N) is 1. The second-order valence-electron chi connectivity index (χ2n) is 3.84. The summed E-state index contributed by atoms with van der Waals surface area (Å²) in [5.41, 5.74) is -0.356.